The van der Waals surface area contributed by atoms with Gasteiger partial charge in [-0.2, -0.15) is 0 Å². The molecule has 3 heteroatoms. The van der Waals surface area contributed by atoms with Gasteiger partial charge in [-0.05, 0) is 23.6 Å². The van der Waals surface area contributed by atoms with Gasteiger partial charge in [0.15, 0.2) is 5.78 Å². The summed E-state index contributed by atoms with van der Waals surface area (Å²) in [5, 5.41) is 0.209. The molecule has 1 aromatic rings. The van der Waals surface area contributed by atoms with Gasteiger partial charge >= 0.3 is 0 Å². The minimum Gasteiger partial charge on any atom is -0.452 e. The van der Waals surface area contributed by atoms with E-state index in [4.69, 9.17) is 16.0 Å². The van der Waals surface area contributed by atoms with Crippen LogP contribution in [0, 0.1) is 5.92 Å². The third kappa shape index (κ3) is 2.61. The third-order valence-corrected chi connectivity index (χ3v) is 2.84. The first-order valence-corrected chi connectivity index (χ1v) is 5.33. The zero-order valence-corrected chi connectivity index (χ0v) is 9.30. The molecule has 0 aliphatic heterocycles. The first-order valence-electron chi connectivity index (χ1n) is 4.95. The Balaban J connectivity index is 2.63. The monoisotopic (exact) mass is 214 g/mol. The van der Waals surface area contributed by atoms with E-state index in [0.29, 0.717) is 17.9 Å². The Bertz CT molecular complexity index is 300. The molecule has 0 amide bonds. The first-order chi connectivity index (χ1) is 6.69. The molecule has 0 saturated carbocycles. The summed E-state index contributed by atoms with van der Waals surface area (Å²) in [4.78, 5) is 11.7. The average molecular weight is 215 g/mol. The number of hydrogen-bond acceptors (Lipinski definition) is 2. The smallest absolute Gasteiger partial charge is 0.203 e. The molecule has 0 N–H and O–H groups in total. The highest BCUT2D eigenvalue weighted by Gasteiger charge is 2.16. The van der Waals surface area contributed by atoms with Crippen LogP contribution in [0.3, 0.4) is 0 Å². The topological polar surface area (TPSA) is 30.2 Å². The van der Waals surface area contributed by atoms with E-state index in [-0.39, 0.29) is 11.0 Å². The second-order valence-corrected chi connectivity index (χ2v) is 3.76. The van der Waals surface area contributed by atoms with Gasteiger partial charge < -0.3 is 4.42 Å². The quantitative estimate of drug-likeness (QED) is 0.695. The van der Waals surface area contributed by atoms with E-state index in [1.165, 1.54) is 6.26 Å². The minimum atomic E-state index is 0.0810. The molecule has 14 heavy (non-hydrogen) atoms. The molecule has 0 aliphatic carbocycles. The van der Waals surface area contributed by atoms with Gasteiger partial charge in [-0.25, -0.2) is 0 Å². The van der Waals surface area contributed by atoms with Crippen LogP contribution in [0.5, 0.6) is 0 Å². The number of furan rings is 1. The highest BCUT2D eigenvalue weighted by Crippen LogP contribution is 2.22. The minimum absolute atomic E-state index is 0.0810. The van der Waals surface area contributed by atoms with Crippen LogP contribution in [0.15, 0.2) is 16.7 Å². The maximum absolute atomic E-state index is 11.7. The van der Waals surface area contributed by atoms with Crippen molar-refractivity contribution < 1.29 is 9.21 Å². The Morgan fingerprint density at radius 3 is 2.57 bits per heavy atom. The highest BCUT2D eigenvalue weighted by molar-refractivity contribution is 6.32. The fraction of sp³-hybridized carbons (Fsp3) is 0.545. The second-order valence-electron chi connectivity index (χ2n) is 3.42. The molecule has 0 spiro atoms. The molecule has 1 heterocycles. The lowest BCUT2D eigenvalue weighted by Gasteiger charge is -2.09. The number of ketones is 1. The molecule has 0 saturated heterocycles. The van der Waals surface area contributed by atoms with Crippen LogP contribution in [0.4, 0.5) is 0 Å². The Morgan fingerprint density at radius 2 is 2.14 bits per heavy atom. The van der Waals surface area contributed by atoms with E-state index in [2.05, 4.69) is 13.8 Å². The fourth-order valence-corrected chi connectivity index (χ4v) is 1.66. The van der Waals surface area contributed by atoms with E-state index in [1.54, 1.807) is 6.07 Å². The van der Waals surface area contributed by atoms with Gasteiger partial charge in [0, 0.05) is 6.42 Å². The van der Waals surface area contributed by atoms with Crippen LogP contribution in [-0.2, 0) is 0 Å². The molecular formula is C11H15ClO2. The molecule has 0 aromatic carbocycles. The molecule has 0 radical (unpaired) electrons. The van der Waals surface area contributed by atoms with Crippen molar-refractivity contribution in [1.82, 2.24) is 0 Å². The summed E-state index contributed by atoms with van der Waals surface area (Å²) in [6.07, 6.45) is 4.06. The SMILES string of the molecule is CCC(CC)CC(=O)c1ccoc1Cl. The van der Waals surface area contributed by atoms with Crippen molar-refractivity contribution in [3.63, 3.8) is 0 Å². The van der Waals surface area contributed by atoms with E-state index in [1.807, 2.05) is 0 Å². The van der Waals surface area contributed by atoms with E-state index in [0.717, 1.165) is 12.8 Å². The average Bonchev–Trinajstić information content (AvgIpc) is 2.60. The van der Waals surface area contributed by atoms with Crippen molar-refractivity contribution in [2.75, 3.05) is 0 Å². The first kappa shape index (κ1) is 11.3. The standard InChI is InChI=1S/C11H15ClO2/c1-3-8(4-2)7-10(13)9-5-6-14-11(9)12/h5-6,8H,3-4,7H2,1-2H3. The molecule has 0 aliphatic rings. The molecule has 1 rings (SSSR count). The van der Waals surface area contributed by atoms with Gasteiger partial charge in [0.25, 0.3) is 0 Å². The summed E-state index contributed by atoms with van der Waals surface area (Å²) in [6.45, 7) is 4.19. The lowest BCUT2D eigenvalue weighted by molar-refractivity contribution is 0.0958. The van der Waals surface area contributed by atoms with Crippen LogP contribution in [-0.4, -0.2) is 5.78 Å². The van der Waals surface area contributed by atoms with Crippen LogP contribution in [0.2, 0.25) is 5.22 Å². The summed E-state index contributed by atoms with van der Waals surface area (Å²) in [5.41, 5.74) is 0.513. The Kier molecular flexibility index (Phi) is 4.21. The summed E-state index contributed by atoms with van der Waals surface area (Å²) < 4.78 is 4.88. The number of Topliss-reactive ketones (excluding diaryl/α,β-unsaturated/α-hetero) is 1. The summed E-state index contributed by atoms with van der Waals surface area (Å²) in [5.74, 6) is 0.533. The van der Waals surface area contributed by atoms with Crippen LogP contribution >= 0.6 is 11.6 Å². The van der Waals surface area contributed by atoms with E-state index >= 15 is 0 Å². The van der Waals surface area contributed by atoms with Crippen LogP contribution in [0.25, 0.3) is 0 Å². The van der Waals surface area contributed by atoms with Gasteiger partial charge in [0.05, 0.1) is 11.8 Å². The van der Waals surface area contributed by atoms with Gasteiger partial charge in [0.2, 0.25) is 5.22 Å². The van der Waals surface area contributed by atoms with Crippen molar-refractivity contribution in [2.45, 2.75) is 33.1 Å². The van der Waals surface area contributed by atoms with Gasteiger partial charge in [0.1, 0.15) is 0 Å². The van der Waals surface area contributed by atoms with Crippen molar-refractivity contribution in [3.8, 4) is 0 Å². The number of carbonyl (C=O) groups excluding carboxylic acids is 1. The van der Waals surface area contributed by atoms with E-state index in [9.17, 15) is 4.79 Å². The molecule has 78 valence electrons. The van der Waals surface area contributed by atoms with Gasteiger partial charge in [-0.3, -0.25) is 4.79 Å². The van der Waals surface area contributed by atoms with Gasteiger partial charge in [-0.1, -0.05) is 26.7 Å². The van der Waals surface area contributed by atoms with E-state index < -0.39 is 0 Å². The molecule has 0 bridgehead atoms. The van der Waals surface area contributed by atoms with Crippen LogP contribution < -0.4 is 0 Å². The predicted molar refractivity (Wildman–Crippen MR) is 56.7 cm³/mol. The molecule has 1 aromatic heterocycles. The normalized spacial score (nSPS) is 10.9. The number of rotatable bonds is 5. The zero-order valence-electron chi connectivity index (χ0n) is 8.55. The Morgan fingerprint density at radius 1 is 1.50 bits per heavy atom. The summed E-state index contributed by atoms with van der Waals surface area (Å²) in [7, 11) is 0. The lowest BCUT2D eigenvalue weighted by atomic mass is 9.95. The lowest BCUT2D eigenvalue weighted by Crippen LogP contribution is -2.06. The van der Waals surface area contributed by atoms with Crippen LogP contribution in [0.1, 0.15) is 43.5 Å². The van der Waals surface area contributed by atoms with Crippen molar-refractivity contribution in [2.24, 2.45) is 5.92 Å². The van der Waals surface area contributed by atoms with Crippen molar-refractivity contribution >= 4 is 17.4 Å². The molecule has 0 atom stereocenters. The predicted octanol–water partition coefficient (Wildman–Crippen LogP) is 3.94. The third-order valence-electron chi connectivity index (χ3n) is 2.55. The zero-order chi connectivity index (χ0) is 10.6. The fourth-order valence-electron chi connectivity index (χ4n) is 1.44. The summed E-state index contributed by atoms with van der Waals surface area (Å²) >= 11 is 5.72. The molecule has 0 unspecified atom stereocenters. The molecule has 2 nitrogen and oxygen atoms in total. The Labute approximate surface area is 89.2 Å². The number of hydrogen-bond donors (Lipinski definition) is 0. The second kappa shape index (κ2) is 5.20. The number of carbonyl (C=O) groups is 1. The van der Waals surface area contributed by atoms with Crippen molar-refractivity contribution in [1.29, 1.82) is 0 Å². The largest absolute Gasteiger partial charge is 0.452 e. The number of halogens is 1. The maximum Gasteiger partial charge on any atom is 0.203 e. The maximum atomic E-state index is 11.7. The Hall–Kier alpha value is -0.760. The molecular weight excluding hydrogens is 200 g/mol. The van der Waals surface area contributed by atoms with Gasteiger partial charge in [-0.15, -0.1) is 0 Å². The summed E-state index contributed by atoms with van der Waals surface area (Å²) in [6, 6.07) is 1.63. The molecule has 0 fully saturated rings. The van der Waals surface area contributed by atoms with Crippen molar-refractivity contribution in [3.05, 3.63) is 23.1 Å². The highest BCUT2D eigenvalue weighted by atomic mass is 35.5.